The number of likely N-dealkylation sites (tertiary alicyclic amines) is 2. The monoisotopic (exact) mass is 338 g/mol. The van der Waals surface area contributed by atoms with Gasteiger partial charge < -0.3 is 19.9 Å². The van der Waals surface area contributed by atoms with Gasteiger partial charge >= 0.3 is 5.97 Å². The van der Waals surface area contributed by atoms with E-state index in [1.165, 1.54) is 33.0 Å². The molecule has 0 aromatic rings. The third kappa shape index (κ3) is 5.10. The average molecular weight is 338 g/mol. The molecule has 138 valence electrons. The molecule has 0 aromatic heterocycles. The summed E-state index contributed by atoms with van der Waals surface area (Å²) in [5.41, 5.74) is 0. The van der Waals surface area contributed by atoms with Crippen LogP contribution in [-0.4, -0.2) is 74.7 Å². The quantitative estimate of drug-likeness (QED) is 0.467. The van der Waals surface area contributed by atoms with Gasteiger partial charge in [0.2, 0.25) is 0 Å². The first-order valence-corrected chi connectivity index (χ1v) is 9.38. The number of methoxy groups -OCH3 is 1. The minimum atomic E-state index is -0.108. The summed E-state index contributed by atoms with van der Waals surface area (Å²) in [6.07, 6.45) is 2.60. The number of hydrogen-bond acceptors (Lipinski definition) is 4. The van der Waals surface area contributed by atoms with Crippen LogP contribution in [0, 0.1) is 17.8 Å². The Kier molecular flexibility index (Phi) is 7.34. The zero-order chi connectivity index (χ0) is 17.5. The molecule has 0 aromatic carbocycles. The zero-order valence-corrected chi connectivity index (χ0v) is 15.8. The Bertz CT molecular complexity index is 433. The van der Waals surface area contributed by atoms with E-state index in [0.29, 0.717) is 12.5 Å². The fraction of sp³-hybridized carbons (Fsp3) is 0.889. The van der Waals surface area contributed by atoms with Crippen molar-refractivity contribution in [1.82, 2.24) is 15.1 Å². The molecule has 2 aliphatic heterocycles. The van der Waals surface area contributed by atoms with Crippen LogP contribution in [0.5, 0.6) is 0 Å². The van der Waals surface area contributed by atoms with Crippen LogP contribution in [0.4, 0.5) is 0 Å². The Balaban J connectivity index is 1.87. The van der Waals surface area contributed by atoms with Gasteiger partial charge in [0.1, 0.15) is 0 Å². The summed E-state index contributed by atoms with van der Waals surface area (Å²) < 4.78 is 4.93. The van der Waals surface area contributed by atoms with Crippen molar-refractivity contribution in [3.63, 3.8) is 0 Å². The lowest BCUT2D eigenvalue weighted by molar-refractivity contribution is -0.145. The maximum Gasteiger partial charge on any atom is 0.310 e. The number of aliphatic imine (C=N–C) groups is 1. The van der Waals surface area contributed by atoms with Gasteiger partial charge in [-0.15, -0.1) is 0 Å². The fourth-order valence-electron chi connectivity index (χ4n) is 3.61. The van der Waals surface area contributed by atoms with Crippen LogP contribution in [0.3, 0.4) is 0 Å². The van der Waals surface area contributed by atoms with Gasteiger partial charge in [0.15, 0.2) is 5.96 Å². The lowest BCUT2D eigenvalue weighted by Gasteiger charge is -2.29. The van der Waals surface area contributed by atoms with Crippen LogP contribution in [0.1, 0.15) is 33.6 Å². The molecule has 2 saturated heterocycles. The molecule has 0 bridgehead atoms. The highest BCUT2D eigenvalue weighted by atomic mass is 16.5. The second kappa shape index (κ2) is 9.25. The third-order valence-corrected chi connectivity index (χ3v) is 5.30. The SMILES string of the molecule is CCNC(=NCCN1CCC(C)CC1)N1CC(C)C(C(=O)OC)C1. The van der Waals surface area contributed by atoms with Gasteiger partial charge in [-0.2, -0.15) is 0 Å². The molecule has 0 radical (unpaired) electrons. The summed E-state index contributed by atoms with van der Waals surface area (Å²) in [6, 6.07) is 0. The van der Waals surface area contributed by atoms with Gasteiger partial charge in [-0.25, -0.2) is 0 Å². The summed E-state index contributed by atoms with van der Waals surface area (Å²) in [5, 5.41) is 3.37. The van der Waals surface area contributed by atoms with E-state index in [-0.39, 0.29) is 11.9 Å². The van der Waals surface area contributed by atoms with Gasteiger partial charge in [-0.3, -0.25) is 9.79 Å². The molecule has 6 heteroatoms. The number of hydrogen-bond donors (Lipinski definition) is 1. The van der Waals surface area contributed by atoms with Crippen molar-refractivity contribution in [1.29, 1.82) is 0 Å². The number of carbonyl (C=O) groups is 1. The first kappa shape index (κ1) is 19.0. The number of guanidine groups is 1. The molecule has 0 aliphatic carbocycles. The molecular formula is C18H34N4O2. The molecule has 2 rings (SSSR count). The van der Waals surface area contributed by atoms with E-state index in [2.05, 4.69) is 35.9 Å². The fourth-order valence-corrected chi connectivity index (χ4v) is 3.61. The van der Waals surface area contributed by atoms with Crippen molar-refractivity contribution in [2.45, 2.75) is 33.6 Å². The normalized spacial score (nSPS) is 26.7. The van der Waals surface area contributed by atoms with Gasteiger partial charge in [0, 0.05) is 26.2 Å². The van der Waals surface area contributed by atoms with Gasteiger partial charge in [0.25, 0.3) is 0 Å². The van der Waals surface area contributed by atoms with Crippen LogP contribution in [0.25, 0.3) is 0 Å². The van der Waals surface area contributed by atoms with Crippen LogP contribution >= 0.6 is 0 Å². The second-order valence-corrected chi connectivity index (χ2v) is 7.27. The Hall–Kier alpha value is -1.30. The van der Waals surface area contributed by atoms with E-state index in [1.807, 2.05) is 0 Å². The number of nitrogens with zero attached hydrogens (tertiary/aromatic N) is 3. The Labute approximate surface area is 146 Å². The van der Waals surface area contributed by atoms with E-state index >= 15 is 0 Å². The number of carbonyl (C=O) groups excluding carboxylic acids is 1. The van der Waals surface area contributed by atoms with E-state index in [0.717, 1.165) is 38.1 Å². The Morgan fingerprint density at radius 3 is 2.58 bits per heavy atom. The first-order chi connectivity index (χ1) is 11.5. The van der Waals surface area contributed by atoms with Gasteiger partial charge in [0.05, 0.1) is 19.6 Å². The summed E-state index contributed by atoms with van der Waals surface area (Å²) in [6.45, 7) is 13.1. The molecular weight excluding hydrogens is 304 g/mol. The molecule has 2 aliphatic rings. The zero-order valence-electron chi connectivity index (χ0n) is 15.8. The van der Waals surface area contributed by atoms with E-state index in [4.69, 9.17) is 9.73 Å². The minimum absolute atomic E-state index is 0.0533. The first-order valence-electron chi connectivity index (χ1n) is 9.38. The molecule has 2 heterocycles. The average Bonchev–Trinajstić information content (AvgIpc) is 2.97. The number of ether oxygens (including phenoxy) is 1. The maximum atomic E-state index is 11.9. The lowest BCUT2D eigenvalue weighted by atomic mass is 9.99. The van der Waals surface area contributed by atoms with Crippen molar-refractivity contribution in [3.05, 3.63) is 0 Å². The topological polar surface area (TPSA) is 57.2 Å². The van der Waals surface area contributed by atoms with Gasteiger partial charge in [-0.1, -0.05) is 13.8 Å². The van der Waals surface area contributed by atoms with E-state index in [9.17, 15) is 4.79 Å². The highest BCUT2D eigenvalue weighted by Gasteiger charge is 2.36. The summed E-state index contributed by atoms with van der Waals surface area (Å²) in [4.78, 5) is 21.4. The van der Waals surface area contributed by atoms with Crippen LogP contribution in [0.2, 0.25) is 0 Å². The molecule has 1 N–H and O–H groups in total. The van der Waals surface area contributed by atoms with Gasteiger partial charge in [-0.05, 0) is 44.7 Å². The summed E-state index contributed by atoms with van der Waals surface area (Å²) in [7, 11) is 1.47. The Morgan fingerprint density at radius 2 is 1.96 bits per heavy atom. The molecule has 2 atom stereocenters. The number of piperidine rings is 1. The largest absolute Gasteiger partial charge is 0.469 e. The third-order valence-electron chi connectivity index (χ3n) is 5.30. The van der Waals surface area contributed by atoms with Crippen molar-refractivity contribution < 1.29 is 9.53 Å². The molecule has 0 amide bonds. The van der Waals surface area contributed by atoms with E-state index < -0.39 is 0 Å². The molecule has 2 fully saturated rings. The van der Waals surface area contributed by atoms with Crippen molar-refractivity contribution >= 4 is 11.9 Å². The standard InChI is InChI=1S/C18H34N4O2/c1-5-19-18(20-8-11-21-9-6-14(2)7-10-21)22-12-15(3)16(13-22)17(23)24-4/h14-16H,5-13H2,1-4H3,(H,19,20). The predicted molar refractivity (Wildman–Crippen MR) is 97.1 cm³/mol. The minimum Gasteiger partial charge on any atom is -0.469 e. The highest BCUT2D eigenvalue weighted by Crippen LogP contribution is 2.24. The molecule has 0 saturated carbocycles. The lowest BCUT2D eigenvalue weighted by Crippen LogP contribution is -2.41. The second-order valence-electron chi connectivity index (χ2n) is 7.27. The van der Waals surface area contributed by atoms with Crippen molar-refractivity contribution in [2.24, 2.45) is 22.7 Å². The molecule has 2 unspecified atom stereocenters. The molecule has 6 nitrogen and oxygen atoms in total. The molecule has 24 heavy (non-hydrogen) atoms. The number of esters is 1. The van der Waals surface area contributed by atoms with E-state index in [1.54, 1.807) is 0 Å². The summed E-state index contributed by atoms with van der Waals surface area (Å²) >= 11 is 0. The molecule has 0 spiro atoms. The summed E-state index contributed by atoms with van der Waals surface area (Å²) in [5.74, 6) is 1.93. The van der Waals surface area contributed by atoms with Crippen LogP contribution in [0.15, 0.2) is 4.99 Å². The van der Waals surface area contributed by atoms with Crippen LogP contribution in [-0.2, 0) is 9.53 Å². The maximum absolute atomic E-state index is 11.9. The van der Waals surface area contributed by atoms with Crippen molar-refractivity contribution in [2.75, 3.05) is 52.9 Å². The highest BCUT2D eigenvalue weighted by molar-refractivity contribution is 5.82. The van der Waals surface area contributed by atoms with Crippen molar-refractivity contribution in [3.8, 4) is 0 Å². The van der Waals surface area contributed by atoms with Crippen LogP contribution < -0.4 is 5.32 Å². The number of nitrogens with one attached hydrogen (secondary N) is 1. The Morgan fingerprint density at radius 1 is 1.25 bits per heavy atom. The predicted octanol–water partition coefficient (Wildman–Crippen LogP) is 1.42. The number of rotatable bonds is 5. The smallest absolute Gasteiger partial charge is 0.310 e.